The Hall–Kier alpha value is -3.00. The van der Waals surface area contributed by atoms with Crippen LogP contribution in [-0.2, 0) is 27.4 Å². The molecule has 1 aliphatic heterocycles. The molecule has 7 rings (SSSR count). The first-order valence-corrected chi connectivity index (χ1v) is 20.4. The Morgan fingerprint density at radius 2 is 1.85 bits per heavy atom. The van der Waals surface area contributed by atoms with Crippen LogP contribution in [0.3, 0.4) is 0 Å². The fourth-order valence-corrected chi connectivity index (χ4v) is 9.54. The maximum Gasteiger partial charge on any atom is 0.416 e. The number of furan rings is 1. The number of benzene rings is 2. The molecule has 5 atom stereocenters. The summed E-state index contributed by atoms with van der Waals surface area (Å²) < 4.78 is 80.0. The molecule has 4 aliphatic rings. The van der Waals surface area contributed by atoms with E-state index in [4.69, 9.17) is 20.8 Å². The summed E-state index contributed by atoms with van der Waals surface area (Å²) in [4.78, 5) is 14.5. The highest BCUT2D eigenvalue weighted by molar-refractivity contribution is 7.88. The third kappa shape index (κ3) is 8.48. The van der Waals surface area contributed by atoms with Gasteiger partial charge in [-0.15, -0.1) is 0 Å². The van der Waals surface area contributed by atoms with Gasteiger partial charge in [-0.05, 0) is 118 Å². The van der Waals surface area contributed by atoms with E-state index >= 15 is 0 Å². The standard InChI is InChI=1S/C40H47ClF3NO7S/c1-25-6-4-17-38(2)33(16-18-39(38,48)24-45(53(3,49)50)23-29-7-5-19-51-29)30-12-9-26(20-28(46)11-8-25)21-31(30)37(47)36-15-14-35(52-36)32-22-27(40(42,43)44)10-13-34(32)41/h6,9-10,12-15,21-22,28-29,33,46,48H,4-5,7-8,11,16-20,23-24H2,1-3H3. The average molecular weight is 778 g/mol. The van der Waals surface area contributed by atoms with Gasteiger partial charge in [0.1, 0.15) is 5.76 Å². The predicted molar refractivity (Wildman–Crippen MR) is 196 cm³/mol. The molecule has 1 aromatic heterocycles. The fraction of sp³-hybridized carbons (Fsp3) is 0.525. The van der Waals surface area contributed by atoms with Crippen LogP contribution in [0.15, 0.2) is 64.6 Å². The molecule has 2 fully saturated rings. The molecule has 1 saturated carbocycles. The first-order valence-electron chi connectivity index (χ1n) is 18.2. The molecule has 2 heterocycles. The molecule has 0 spiro atoms. The summed E-state index contributed by atoms with van der Waals surface area (Å²) in [5, 5.41) is 23.7. The van der Waals surface area contributed by atoms with Gasteiger partial charge in [-0.3, -0.25) is 4.79 Å². The minimum atomic E-state index is -4.61. The second-order valence-electron chi connectivity index (χ2n) is 15.3. The van der Waals surface area contributed by atoms with Crippen LogP contribution < -0.4 is 0 Å². The van der Waals surface area contributed by atoms with Crippen LogP contribution in [0.2, 0.25) is 5.02 Å². The van der Waals surface area contributed by atoms with Crippen LogP contribution >= 0.6 is 11.6 Å². The minimum Gasteiger partial charge on any atom is -0.453 e. The van der Waals surface area contributed by atoms with Crippen LogP contribution in [0.1, 0.15) is 104 Å². The van der Waals surface area contributed by atoms with Crippen LogP contribution in [0.25, 0.3) is 11.3 Å². The molecule has 2 bridgehead atoms. The number of aliphatic hydroxyl groups is 2. The van der Waals surface area contributed by atoms with Crippen molar-refractivity contribution in [1.82, 2.24) is 4.31 Å². The van der Waals surface area contributed by atoms with Crippen molar-refractivity contribution in [2.24, 2.45) is 5.41 Å². The Morgan fingerprint density at radius 3 is 2.55 bits per heavy atom. The number of aliphatic hydroxyl groups excluding tert-OH is 1. The largest absolute Gasteiger partial charge is 0.453 e. The van der Waals surface area contributed by atoms with Gasteiger partial charge in [0.15, 0.2) is 5.76 Å². The lowest BCUT2D eigenvalue weighted by atomic mass is 9.65. The molecule has 53 heavy (non-hydrogen) atoms. The smallest absolute Gasteiger partial charge is 0.416 e. The maximum absolute atomic E-state index is 14.5. The summed E-state index contributed by atoms with van der Waals surface area (Å²) in [7, 11) is -3.73. The van der Waals surface area contributed by atoms with E-state index < -0.39 is 50.6 Å². The minimum absolute atomic E-state index is 0.00550. The topological polar surface area (TPSA) is 117 Å². The van der Waals surface area contributed by atoms with Crippen molar-refractivity contribution in [2.45, 2.75) is 102 Å². The average Bonchev–Trinajstić information content (AvgIpc) is 3.83. The summed E-state index contributed by atoms with van der Waals surface area (Å²) in [5.41, 5.74) is -0.536. The predicted octanol–water partition coefficient (Wildman–Crippen LogP) is 8.33. The van der Waals surface area contributed by atoms with Gasteiger partial charge in [-0.1, -0.05) is 42.3 Å². The number of carbonyl (C=O) groups is 1. The molecular weight excluding hydrogens is 731 g/mol. The lowest BCUT2D eigenvalue weighted by molar-refractivity contribution is -0.137. The number of fused-ring (bicyclic) bond motifs is 8. The van der Waals surface area contributed by atoms with Gasteiger partial charge >= 0.3 is 6.18 Å². The molecular formula is C40H47ClF3NO7S. The Bertz CT molecular complexity index is 1970. The van der Waals surface area contributed by atoms with Gasteiger partial charge < -0.3 is 19.4 Å². The first kappa shape index (κ1) is 39.7. The van der Waals surface area contributed by atoms with Gasteiger partial charge in [0.2, 0.25) is 15.8 Å². The highest BCUT2D eigenvalue weighted by Gasteiger charge is 2.58. The fourth-order valence-electron chi connectivity index (χ4n) is 8.45. The Kier molecular flexibility index (Phi) is 11.4. The van der Waals surface area contributed by atoms with E-state index in [-0.39, 0.29) is 59.7 Å². The molecule has 1 saturated heterocycles. The lowest BCUT2D eigenvalue weighted by Gasteiger charge is -2.46. The number of ether oxygens (including phenoxy) is 1. The number of hydrogen-bond acceptors (Lipinski definition) is 7. The van der Waals surface area contributed by atoms with E-state index in [0.29, 0.717) is 49.8 Å². The van der Waals surface area contributed by atoms with Gasteiger partial charge in [0.25, 0.3) is 0 Å². The number of carbonyl (C=O) groups excluding carboxylic acids is 1. The lowest BCUT2D eigenvalue weighted by Crippen LogP contribution is -2.54. The van der Waals surface area contributed by atoms with E-state index in [0.717, 1.165) is 42.9 Å². The van der Waals surface area contributed by atoms with E-state index in [1.54, 1.807) is 6.07 Å². The van der Waals surface area contributed by atoms with E-state index in [9.17, 15) is 36.6 Å². The van der Waals surface area contributed by atoms with Crippen molar-refractivity contribution in [1.29, 1.82) is 0 Å². The van der Waals surface area contributed by atoms with Crippen molar-refractivity contribution in [3.8, 4) is 11.3 Å². The quantitative estimate of drug-likeness (QED) is 0.175. The number of halogens is 4. The Balaban J connectivity index is 1.42. The second kappa shape index (κ2) is 15.3. The third-order valence-electron chi connectivity index (χ3n) is 11.6. The van der Waals surface area contributed by atoms with Crippen LogP contribution in [0.5, 0.6) is 0 Å². The molecule has 0 amide bonds. The molecule has 3 aliphatic carbocycles. The molecule has 2 aromatic carbocycles. The highest BCUT2D eigenvalue weighted by Crippen LogP contribution is 2.59. The summed E-state index contributed by atoms with van der Waals surface area (Å²) in [6.07, 6.45) is 2.54. The SMILES string of the molecule is CC1=CCCC2(C)C(CCC2(O)CN(CC2CCCO2)S(C)(=O)=O)c2ccc(cc2C(=O)c2ccc(-c3cc(C(F)(F)F)ccc3Cl)o2)CC(O)CC1. The number of rotatable bonds is 8. The highest BCUT2D eigenvalue weighted by atomic mass is 35.5. The third-order valence-corrected chi connectivity index (χ3v) is 13.2. The first-order chi connectivity index (χ1) is 24.9. The molecule has 8 nitrogen and oxygen atoms in total. The molecule has 0 radical (unpaired) electrons. The number of ketones is 1. The van der Waals surface area contributed by atoms with Crippen molar-refractivity contribution in [3.05, 3.63) is 93.2 Å². The van der Waals surface area contributed by atoms with Crippen LogP contribution in [0, 0.1) is 5.41 Å². The van der Waals surface area contributed by atoms with E-state index in [1.165, 1.54) is 16.4 Å². The summed E-state index contributed by atoms with van der Waals surface area (Å²) in [6, 6.07) is 11.2. The van der Waals surface area contributed by atoms with Crippen molar-refractivity contribution in [3.63, 3.8) is 0 Å². The second-order valence-corrected chi connectivity index (χ2v) is 17.7. The van der Waals surface area contributed by atoms with Crippen molar-refractivity contribution >= 4 is 27.4 Å². The number of sulfonamides is 1. The van der Waals surface area contributed by atoms with E-state index in [1.807, 2.05) is 26.0 Å². The van der Waals surface area contributed by atoms with Crippen LogP contribution in [-0.4, -0.2) is 72.5 Å². The van der Waals surface area contributed by atoms with Crippen LogP contribution in [0.4, 0.5) is 13.2 Å². The van der Waals surface area contributed by atoms with Gasteiger partial charge in [0.05, 0.1) is 34.7 Å². The van der Waals surface area contributed by atoms with Gasteiger partial charge in [0, 0.05) is 36.2 Å². The molecule has 2 N–H and O–H groups in total. The number of alkyl halides is 3. The normalized spacial score (nSPS) is 27.1. The maximum atomic E-state index is 14.5. The summed E-state index contributed by atoms with van der Waals surface area (Å²) in [6.45, 7) is 4.55. The molecule has 288 valence electrons. The molecule has 3 aromatic rings. The zero-order valence-electron chi connectivity index (χ0n) is 30.2. The molecule has 13 heteroatoms. The zero-order valence-corrected chi connectivity index (χ0v) is 31.8. The monoisotopic (exact) mass is 777 g/mol. The van der Waals surface area contributed by atoms with Crippen molar-refractivity contribution in [2.75, 3.05) is 26.0 Å². The Labute approximate surface area is 314 Å². The van der Waals surface area contributed by atoms with E-state index in [2.05, 4.69) is 6.08 Å². The van der Waals surface area contributed by atoms with Gasteiger partial charge in [-0.25, -0.2) is 8.42 Å². The summed E-state index contributed by atoms with van der Waals surface area (Å²) in [5.74, 6) is -1.02. The summed E-state index contributed by atoms with van der Waals surface area (Å²) >= 11 is 6.29. The number of hydrogen-bond donors (Lipinski definition) is 2. The number of allylic oxidation sites excluding steroid dienone is 2. The zero-order chi connectivity index (χ0) is 38.3. The molecule has 5 unspecified atom stereocenters. The Morgan fingerprint density at radius 1 is 1.08 bits per heavy atom. The van der Waals surface area contributed by atoms with Crippen molar-refractivity contribution < 1.29 is 45.8 Å². The van der Waals surface area contributed by atoms with Gasteiger partial charge in [-0.2, -0.15) is 17.5 Å². The number of nitrogens with zero attached hydrogens (tertiary/aromatic N) is 1.